The molecular formula is C20H22N2O. The van der Waals surface area contributed by atoms with Crippen molar-refractivity contribution in [1.29, 1.82) is 0 Å². The monoisotopic (exact) mass is 306 g/mol. The molecule has 0 unspecified atom stereocenters. The zero-order valence-corrected chi connectivity index (χ0v) is 13.5. The number of pyridine rings is 1. The van der Waals surface area contributed by atoms with Crippen LogP contribution < -0.4 is 5.32 Å². The number of aromatic nitrogens is 1. The molecule has 4 rings (SSSR count). The maximum atomic E-state index is 12.6. The van der Waals surface area contributed by atoms with E-state index in [1.807, 2.05) is 30.3 Å². The molecule has 2 fully saturated rings. The van der Waals surface area contributed by atoms with Crippen LogP contribution in [0.3, 0.4) is 0 Å². The molecule has 118 valence electrons. The average Bonchev–Trinajstić information content (AvgIpc) is 3.20. The molecule has 1 aromatic carbocycles. The van der Waals surface area contributed by atoms with Gasteiger partial charge in [0.05, 0.1) is 5.69 Å². The molecule has 23 heavy (non-hydrogen) atoms. The number of anilines is 1. The summed E-state index contributed by atoms with van der Waals surface area (Å²) in [6.07, 6.45) is 6.69. The number of aryl methyl sites for hydroxylation is 1. The lowest BCUT2D eigenvalue weighted by Crippen LogP contribution is -2.27. The number of fused-ring (bicyclic) bond motifs is 2. The first kappa shape index (κ1) is 14.4. The number of hydrogen-bond acceptors (Lipinski definition) is 2. The van der Waals surface area contributed by atoms with Crippen molar-refractivity contribution in [2.24, 2.45) is 17.8 Å². The first-order chi connectivity index (χ1) is 11.2. The van der Waals surface area contributed by atoms with Gasteiger partial charge < -0.3 is 5.32 Å². The van der Waals surface area contributed by atoms with Crippen LogP contribution >= 0.6 is 0 Å². The molecule has 2 aliphatic rings. The van der Waals surface area contributed by atoms with Gasteiger partial charge >= 0.3 is 0 Å². The third-order valence-electron chi connectivity index (χ3n) is 5.52. The summed E-state index contributed by atoms with van der Waals surface area (Å²) in [5, 5.41) is 3.14. The summed E-state index contributed by atoms with van der Waals surface area (Å²) in [6, 6.07) is 12.0. The first-order valence-corrected chi connectivity index (χ1v) is 8.53. The van der Waals surface area contributed by atoms with Crippen molar-refractivity contribution in [1.82, 2.24) is 4.98 Å². The quantitative estimate of drug-likeness (QED) is 0.911. The van der Waals surface area contributed by atoms with Gasteiger partial charge in [0.25, 0.3) is 0 Å². The lowest BCUT2D eigenvalue weighted by atomic mass is 9.88. The number of nitrogens with one attached hydrogen (secondary N) is 1. The van der Waals surface area contributed by atoms with Crippen molar-refractivity contribution < 1.29 is 4.79 Å². The van der Waals surface area contributed by atoms with Gasteiger partial charge in [0, 0.05) is 23.4 Å². The summed E-state index contributed by atoms with van der Waals surface area (Å²) in [6.45, 7) is 2.07. The second kappa shape index (κ2) is 5.80. The van der Waals surface area contributed by atoms with Crippen LogP contribution in [-0.4, -0.2) is 10.9 Å². The number of amides is 1. The summed E-state index contributed by atoms with van der Waals surface area (Å²) < 4.78 is 0. The third kappa shape index (κ3) is 2.76. The number of benzene rings is 1. The molecule has 0 saturated heterocycles. The minimum absolute atomic E-state index is 0.202. The Morgan fingerprint density at radius 2 is 2.09 bits per heavy atom. The van der Waals surface area contributed by atoms with Gasteiger partial charge in [0.2, 0.25) is 5.91 Å². The van der Waals surface area contributed by atoms with Gasteiger partial charge in [-0.05, 0) is 67.9 Å². The Labute approximate surface area is 137 Å². The van der Waals surface area contributed by atoms with E-state index in [1.54, 1.807) is 6.20 Å². The zero-order chi connectivity index (χ0) is 15.8. The molecule has 1 amide bonds. The van der Waals surface area contributed by atoms with Gasteiger partial charge in [-0.15, -0.1) is 0 Å². The van der Waals surface area contributed by atoms with Crippen molar-refractivity contribution in [2.45, 2.75) is 32.6 Å². The molecule has 3 atom stereocenters. The van der Waals surface area contributed by atoms with Gasteiger partial charge in [0.1, 0.15) is 0 Å². The Morgan fingerprint density at radius 3 is 2.78 bits per heavy atom. The van der Waals surface area contributed by atoms with E-state index in [4.69, 9.17) is 0 Å². The van der Waals surface area contributed by atoms with Crippen LogP contribution in [0.5, 0.6) is 0 Å². The molecule has 2 saturated carbocycles. The first-order valence-electron chi connectivity index (χ1n) is 8.53. The maximum absolute atomic E-state index is 12.6. The largest absolute Gasteiger partial charge is 0.326 e. The fraction of sp³-hybridized carbons (Fsp3) is 0.400. The van der Waals surface area contributed by atoms with E-state index in [0.29, 0.717) is 5.92 Å². The molecule has 0 aliphatic heterocycles. The molecule has 2 aromatic rings. The fourth-order valence-electron chi connectivity index (χ4n) is 4.30. The summed E-state index contributed by atoms with van der Waals surface area (Å²) in [5.41, 5.74) is 4.07. The zero-order valence-electron chi connectivity index (χ0n) is 13.5. The Kier molecular flexibility index (Phi) is 3.64. The Balaban J connectivity index is 1.54. The van der Waals surface area contributed by atoms with Crippen LogP contribution in [0.25, 0.3) is 11.3 Å². The molecule has 3 heteroatoms. The minimum atomic E-state index is 0.202. The second-order valence-electron chi connectivity index (χ2n) is 7.02. The van der Waals surface area contributed by atoms with E-state index in [1.165, 1.54) is 24.8 Å². The molecule has 3 nitrogen and oxygen atoms in total. The van der Waals surface area contributed by atoms with Crippen LogP contribution in [-0.2, 0) is 4.79 Å². The van der Waals surface area contributed by atoms with E-state index in [2.05, 4.69) is 23.3 Å². The molecular weight excluding hydrogens is 284 g/mol. The summed E-state index contributed by atoms with van der Waals surface area (Å²) in [5.74, 6) is 1.82. The van der Waals surface area contributed by atoms with Crippen molar-refractivity contribution in [3.8, 4) is 11.3 Å². The topological polar surface area (TPSA) is 42.0 Å². The summed E-state index contributed by atoms with van der Waals surface area (Å²) in [4.78, 5) is 17.0. The van der Waals surface area contributed by atoms with Crippen LogP contribution in [0.4, 0.5) is 5.69 Å². The van der Waals surface area contributed by atoms with E-state index in [0.717, 1.165) is 29.3 Å². The molecule has 0 radical (unpaired) electrons. The van der Waals surface area contributed by atoms with Crippen molar-refractivity contribution >= 4 is 11.6 Å². The maximum Gasteiger partial charge on any atom is 0.227 e. The average molecular weight is 306 g/mol. The lowest BCUT2D eigenvalue weighted by molar-refractivity contribution is -0.121. The minimum Gasteiger partial charge on any atom is -0.326 e. The molecule has 0 spiro atoms. The summed E-state index contributed by atoms with van der Waals surface area (Å²) >= 11 is 0. The van der Waals surface area contributed by atoms with Gasteiger partial charge in [-0.2, -0.15) is 0 Å². The predicted octanol–water partition coefficient (Wildman–Crippen LogP) is 4.43. The number of hydrogen-bond donors (Lipinski definition) is 1. The molecule has 2 bridgehead atoms. The van der Waals surface area contributed by atoms with Gasteiger partial charge in [-0.25, -0.2) is 0 Å². The Bertz CT molecular complexity index is 726. The highest BCUT2D eigenvalue weighted by molar-refractivity contribution is 5.93. The van der Waals surface area contributed by atoms with E-state index in [9.17, 15) is 4.79 Å². The molecule has 1 N–H and O–H groups in total. The highest BCUT2D eigenvalue weighted by atomic mass is 16.1. The fourth-order valence-corrected chi connectivity index (χ4v) is 4.30. The molecule has 2 aliphatic carbocycles. The number of nitrogens with zero attached hydrogens (tertiary/aromatic N) is 1. The van der Waals surface area contributed by atoms with Gasteiger partial charge in [-0.3, -0.25) is 9.78 Å². The number of rotatable bonds is 3. The van der Waals surface area contributed by atoms with Crippen LogP contribution in [0, 0.1) is 24.7 Å². The standard InChI is InChI=1S/C20H22N2O/c1-13-5-8-16(12-17(13)19-4-2-3-9-21-19)22-20(23)18-11-14-6-7-15(18)10-14/h2-5,8-9,12,14-15,18H,6-7,10-11H2,1H3,(H,22,23)/t14-,15+,18-/m1/s1. The smallest absolute Gasteiger partial charge is 0.227 e. The predicted molar refractivity (Wildman–Crippen MR) is 92.0 cm³/mol. The number of carbonyl (C=O) groups excluding carboxylic acids is 1. The van der Waals surface area contributed by atoms with Crippen molar-refractivity contribution in [3.63, 3.8) is 0 Å². The second-order valence-corrected chi connectivity index (χ2v) is 7.02. The summed E-state index contributed by atoms with van der Waals surface area (Å²) in [7, 11) is 0. The van der Waals surface area contributed by atoms with E-state index in [-0.39, 0.29) is 11.8 Å². The van der Waals surface area contributed by atoms with E-state index >= 15 is 0 Å². The van der Waals surface area contributed by atoms with Crippen molar-refractivity contribution in [2.75, 3.05) is 5.32 Å². The van der Waals surface area contributed by atoms with Gasteiger partial charge in [-0.1, -0.05) is 18.6 Å². The van der Waals surface area contributed by atoms with Crippen LogP contribution in [0.15, 0.2) is 42.6 Å². The number of carbonyl (C=O) groups is 1. The highest BCUT2D eigenvalue weighted by Gasteiger charge is 2.42. The normalized spacial score (nSPS) is 25.5. The third-order valence-corrected chi connectivity index (χ3v) is 5.52. The lowest BCUT2D eigenvalue weighted by Gasteiger charge is -2.21. The Morgan fingerprint density at radius 1 is 1.17 bits per heavy atom. The highest BCUT2D eigenvalue weighted by Crippen LogP contribution is 2.48. The molecule has 1 aromatic heterocycles. The molecule has 1 heterocycles. The van der Waals surface area contributed by atoms with Gasteiger partial charge in [0.15, 0.2) is 0 Å². The Hall–Kier alpha value is -2.16. The van der Waals surface area contributed by atoms with Crippen LogP contribution in [0.1, 0.15) is 31.2 Å². The van der Waals surface area contributed by atoms with Crippen LogP contribution in [0.2, 0.25) is 0 Å². The van der Waals surface area contributed by atoms with E-state index < -0.39 is 0 Å². The SMILES string of the molecule is Cc1ccc(NC(=O)[C@@H]2C[C@@H]3CC[C@H]2C3)cc1-c1ccccn1. The van der Waals surface area contributed by atoms with Crippen molar-refractivity contribution in [3.05, 3.63) is 48.2 Å².